The smallest absolute Gasteiger partial charge is 0.338 e. The minimum absolute atomic E-state index is 0.0448. The van der Waals surface area contributed by atoms with Gasteiger partial charge in [-0.15, -0.1) is 0 Å². The molecule has 1 aliphatic rings. The lowest BCUT2D eigenvalue weighted by Gasteiger charge is -2.16. The molecule has 9 nitrogen and oxygen atoms in total. The van der Waals surface area contributed by atoms with Gasteiger partial charge in [-0.05, 0) is 68.3 Å². The number of rotatable bonds is 8. The van der Waals surface area contributed by atoms with Gasteiger partial charge in [0.05, 0.1) is 34.7 Å². The highest BCUT2D eigenvalue weighted by Crippen LogP contribution is 2.36. The van der Waals surface area contributed by atoms with Crippen molar-refractivity contribution in [1.29, 1.82) is 5.26 Å². The summed E-state index contributed by atoms with van der Waals surface area (Å²) < 4.78 is 10.3. The molecule has 0 aliphatic carbocycles. The molecule has 0 saturated carbocycles. The Morgan fingerprint density at radius 2 is 1.77 bits per heavy atom. The van der Waals surface area contributed by atoms with E-state index in [0.29, 0.717) is 27.6 Å². The number of aromatic nitrogens is 1. The molecule has 1 saturated heterocycles. The second-order valence-electron chi connectivity index (χ2n) is 8.86. The van der Waals surface area contributed by atoms with Crippen LogP contribution >= 0.6 is 11.8 Å². The number of hydrogen-bond acceptors (Lipinski definition) is 9. The van der Waals surface area contributed by atoms with Crippen LogP contribution in [0.3, 0.4) is 0 Å². The van der Waals surface area contributed by atoms with Gasteiger partial charge >= 0.3 is 5.97 Å². The highest BCUT2D eigenvalue weighted by atomic mass is 32.2. The zero-order chi connectivity index (χ0) is 28.3. The van der Waals surface area contributed by atoms with Crippen molar-refractivity contribution >= 4 is 41.0 Å². The van der Waals surface area contributed by atoms with E-state index in [9.17, 15) is 24.4 Å². The van der Waals surface area contributed by atoms with E-state index in [1.54, 1.807) is 24.3 Å². The number of thioether (sulfide) groups is 1. The first-order chi connectivity index (χ1) is 18.7. The van der Waals surface area contributed by atoms with Crippen LogP contribution in [0.15, 0.2) is 53.6 Å². The van der Waals surface area contributed by atoms with E-state index < -0.39 is 35.4 Å². The molecule has 2 amide bonds. The molecule has 0 bridgehead atoms. The Bertz CT molecular complexity index is 1530. The van der Waals surface area contributed by atoms with Crippen molar-refractivity contribution in [3.8, 4) is 11.8 Å². The van der Waals surface area contributed by atoms with Crippen molar-refractivity contribution < 1.29 is 28.7 Å². The van der Waals surface area contributed by atoms with Gasteiger partial charge in [-0.3, -0.25) is 14.4 Å². The van der Waals surface area contributed by atoms with Crippen LogP contribution in [0.2, 0.25) is 0 Å². The fourth-order valence-corrected chi connectivity index (χ4v) is 5.35. The molecule has 1 unspecified atom stereocenters. The fourth-order valence-electron chi connectivity index (χ4n) is 4.14. The first-order valence-corrected chi connectivity index (χ1v) is 12.9. The number of nitrogens with zero attached hydrogens (tertiary/aromatic N) is 3. The number of carbonyl (C=O) groups is 4. The fraction of sp³-hybridized carbons (Fsp3) is 0.241. The Hall–Kier alpha value is -4.49. The molecule has 1 aromatic heterocycles. The molecule has 1 aliphatic heterocycles. The average Bonchev–Trinajstić information content (AvgIpc) is 3.22. The van der Waals surface area contributed by atoms with Crippen LogP contribution < -0.4 is 9.64 Å². The zero-order valence-corrected chi connectivity index (χ0v) is 22.6. The topological polar surface area (TPSA) is 127 Å². The lowest BCUT2D eigenvalue weighted by atomic mass is 10.1. The predicted octanol–water partition coefficient (Wildman–Crippen LogP) is 4.35. The van der Waals surface area contributed by atoms with E-state index in [1.165, 1.54) is 31.4 Å². The van der Waals surface area contributed by atoms with Crippen LogP contribution in [0.1, 0.15) is 49.5 Å². The van der Waals surface area contributed by atoms with Gasteiger partial charge in [0.2, 0.25) is 17.6 Å². The number of imide groups is 1. The molecule has 39 heavy (non-hydrogen) atoms. The first-order valence-electron chi connectivity index (χ1n) is 12.0. The maximum Gasteiger partial charge on any atom is 0.338 e. The van der Waals surface area contributed by atoms with Gasteiger partial charge in [-0.2, -0.15) is 5.26 Å². The quantitative estimate of drug-likeness (QED) is 0.231. The summed E-state index contributed by atoms with van der Waals surface area (Å²) >= 11 is 1.11. The minimum Gasteiger partial charge on any atom is -0.496 e. The molecule has 2 aromatic carbocycles. The van der Waals surface area contributed by atoms with Gasteiger partial charge < -0.3 is 9.47 Å². The van der Waals surface area contributed by atoms with Crippen LogP contribution in [-0.4, -0.2) is 47.5 Å². The number of ether oxygens (including phenoxy) is 2. The van der Waals surface area contributed by atoms with E-state index in [1.807, 2.05) is 20.8 Å². The lowest BCUT2D eigenvalue weighted by Crippen LogP contribution is -2.31. The number of amides is 2. The number of carbonyl (C=O) groups excluding carboxylic acids is 4. The molecule has 4 rings (SSSR count). The van der Waals surface area contributed by atoms with Crippen molar-refractivity contribution in [2.75, 3.05) is 18.6 Å². The van der Waals surface area contributed by atoms with E-state index in [2.05, 4.69) is 11.1 Å². The average molecular weight is 544 g/mol. The molecule has 0 N–H and O–H groups in total. The Morgan fingerprint density at radius 3 is 2.44 bits per heavy atom. The van der Waals surface area contributed by atoms with Crippen molar-refractivity contribution in [2.24, 2.45) is 0 Å². The normalized spacial score (nSPS) is 14.7. The number of Topliss-reactive ketones (excluding diaryl/α,β-unsaturated/α-hetero) is 1. The molecular formula is C29H25N3O6S. The molecule has 0 spiro atoms. The molecule has 10 heteroatoms. The summed E-state index contributed by atoms with van der Waals surface area (Å²) in [6.07, 6.45) is -0.0448. The standard InChI is InChI=1S/C29H25N3O6S/c1-16-17(2)22(14-30)27(31-18(16)3)39-25-13-26(34)32(28(25)35)20-11-9-19(10-12-20)29(36)38-15-23(33)21-7-5-6-8-24(21)37-4/h5-12,25H,13,15H2,1-4H3. The first kappa shape index (κ1) is 27.5. The largest absolute Gasteiger partial charge is 0.496 e. The van der Waals surface area contributed by atoms with Crippen LogP contribution in [0, 0.1) is 32.1 Å². The van der Waals surface area contributed by atoms with E-state index >= 15 is 0 Å². The minimum atomic E-state index is -0.732. The number of aryl methyl sites for hydroxylation is 1. The van der Waals surface area contributed by atoms with E-state index in [0.717, 1.165) is 33.5 Å². The highest BCUT2D eigenvalue weighted by molar-refractivity contribution is 8.00. The monoisotopic (exact) mass is 543 g/mol. The van der Waals surface area contributed by atoms with Crippen LogP contribution in [0.4, 0.5) is 5.69 Å². The molecule has 2 heterocycles. The third kappa shape index (κ3) is 5.54. The van der Waals surface area contributed by atoms with Gasteiger partial charge in [0.15, 0.2) is 6.61 Å². The van der Waals surface area contributed by atoms with Crippen LogP contribution in [0.5, 0.6) is 5.75 Å². The number of ketones is 1. The Kier molecular flexibility index (Phi) is 8.12. The maximum absolute atomic E-state index is 13.2. The van der Waals surface area contributed by atoms with Crippen LogP contribution in [0.25, 0.3) is 0 Å². The van der Waals surface area contributed by atoms with Crippen molar-refractivity contribution in [1.82, 2.24) is 4.98 Å². The number of pyridine rings is 1. The van der Waals surface area contributed by atoms with E-state index in [4.69, 9.17) is 9.47 Å². The summed E-state index contributed by atoms with van der Waals surface area (Å²) in [5.74, 6) is -1.58. The van der Waals surface area contributed by atoms with Gasteiger partial charge in [-0.25, -0.2) is 14.7 Å². The van der Waals surface area contributed by atoms with Crippen LogP contribution in [-0.2, 0) is 14.3 Å². The van der Waals surface area contributed by atoms with Crippen molar-refractivity contribution in [3.05, 3.63) is 82.0 Å². The summed E-state index contributed by atoms with van der Waals surface area (Å²) in [6, 6.07) is 14.6. The summed E-state index contributed by atoms with van der Waals surface area (Å²) in [7, 11) is 1.45. The van der Waals surface area contributed by atoms with E-state index in [-0.39, 0.29) is 12.0 Å². The number of methoxy groups -OCH3 is 1. The summed E-state index contributed by atoms with van der Waals surface area (Å²) in [5.41, 5.74) is 3.63. The maximum atomic E-state index is 13.2. The second-order valence-corrected chi connectivity index (χ2v) is 10.1. The second kappa shape index (κ2) is 11.5. The molecule has 0 radical (unpaired) electrons. The molecular weight excluding hydrogens is 518 g/mol. The van der Waals surface area contributed by atoms with Gasteiger partial charge in [0.25, 0.3) is 0 Å². The lowest BCUT2D eigenvalue weighted by molar-refractivity contribution is -0.121. The number of nitriles is 1. The Balaban J connectivity index is 1.43. The SMILES string of the molecule is COc1ccccc1C(=O)COC(=O)c1ccc(N2C(=O)CC(Sc3nc(C)c(C)c(C)c3C#N)C2=O)cc1. The zero-order valence-electron chi connectivity index (χ0n) is 21.8. The highest BCUT2D eigenvalue weighted by Gasteiger charge is 2.41. The molecule has 198 valence electrons. The number of benzene rings is 2. The Morgan fingerprint density at radius 1 is 1.08 bits per heavy atom. The molecule has 3 aromatic rings. The van der Waals surface area contributed by atoms with Gasteiger partial charge in [-0.1, -0.05) is 23.9 Å². The summed E-state index contributed by atoms with van der Waals surface area (Å²) in [4.78, 5) is 56.5. The number of anilines is 1. The summed E-state index contributed by atoms with van der Waals surface area (Å²) in [5, 5.41) is 9.32. The third-order valence-electron chi connectivity index (χ3n) is 6.54. The third-order valence-corrected chi connectivity index (χ3v) is 7.71. The number of esters is 1. The van der Waals surface area contributed by atoms with Crippen molar-refractivity contribution in [3.63, 3.8) is 0 Å². The van der Waals surface area contributed by atoms with Crippen molar-refractivity contribution in [2.45, 2.75) is 37.5 Å². The molecule has 1 fully saturated rings. The number of hydrogen-bond donors (Lipinski definition) is 0. The van der Waals surface area contributed by atoms with Gasteiger partial charge in [0.1, 0.15) is 16.8 Å². The Labute approximate surface area is 229 Å². The summed E-state index contributed by atoms with van der Waals surface area (Å²) in [6.45, 7) is 5.08. The molecule has 1 atom stereocenters. The van der Waals surface area contributed by atoms with Gasteiger partial charge in [0, 0.05) is 12.1 Å². The number of para-hydroxylation sites is 1. The predicted molar refractivity (Wildman–Crippen MR) is 144 cm³/mol.